The summed E-state index contributed by atoms with van der Waals surface area (Å²) in [5, 5.41) is 3.34. The van der Waals surface area contributed by atoms with E-state index in [1.165, 1.54) is 12.8 Å². The lowest BCUT2D eigenvalue weighted by Crippen LogP contribution is -2.58. The molecule has 1 N–H and O–H groups in total. The molecule has 134 valence electrons. The molecule has 4 rings (SSSR count). The molecule has 4 fully saturated rings. The van der Waals surface area contributed by atoms with Gasteiger partial charge < -0.3 is 10.1 Å². The van der Waals surface area contributed by atoms with Crippen molar-refractivity contribution in [2.45, 2.75) is 85.3 Å². The first kappa shape index (κ1) is 16.4. The van der Waals surface area contributed by atoms with Crippen LogP contribution in [0.4, 0.5) is 0 Å². The Morgan fingerprint density at radius 2 is 1.75 bits per heavy atom. The van der Waals surface area contributed by atoms with E-state index in [9.17, 15) is 9.59 Å². The predicted octanol–water partition coefficient (Wildman–Crippen LogP) is 3.44. The molecule has 3 saturated carbocycles. The zero-order chi connectivity index (χ0) is 17.8. The van der Waals surface area contributed by atoms with Crippen molar-refractivity contribution < 1.29 is 14.3 Å². The second-order valence-electron chi connectivity index (χ2n) is 10.3. The molecule has 4 heteroatoms. The van der Waals surface area contributed by atoms with Crippen LogP contribution in [0.5, 0.6) is 0 Å². The zero-order valence-electron chi connectivity index (χ0n) is 15.9. The van der Waals surface area contributed by atoms with Crippen LogP contribution < -0.4 is 5.32 Å². The molecule has 4 aliphatic rings. The van der Waals surface area contributed by atoms with E-state index >= 15 is 0 Å². The Balaban J connectivity index is 1.62. The van der Waals surface area contributed by atoms with Gasteiger partial charge in [0.15, 0.2) is 5.60 Å². The molecule has 4 bridgehead atoms. The van der Waals surface area contributed by atoms with Gasteiger partial charge in [-0.05, 0) is 55.8 Å². The number of hydrogen-bond acceptors (Lipinski definition) is 3. The normalized spacial score (nSPS) is 50.2. The lowest BCUT2D eigenvalue weighted by Gasteiger charge is -2.42. The van der Waals surface area contributed by atoms with E-state index in [0.717, 1.165) is 12.8 Å². The van der Waals surface area contributed by atoms with Gasteiger partial charge in [-0.15, -0.1) is 0 Å². The van der Waals surface area contributed by atoms with Crippen LogP contribution in [0.1, 0.15) is 73.6 Å². The van der Waals surface area contributed by atoms with E-state index in [4.69, 9.17) is 4.74 Å². The summed E-state index contributed by atoms with van der Waals surface area (Å²) in [6, 6.07) is 0.190. The fourth-order valence-corrected chi connectivity index (χ4v) is 6.44. The van der Waals surface area contributed by atoms with Gasteiger partial charge in [-0.3, -0.25) is 9.59 Å². The second kappa shape index (κ2) is 4.19. The standard InChI is InChI=1S/C20H31NO3/c1-16(2)12-7-8-18(16,5)13(11-12)21-14(22)20-10-9-19(6,15(23)24-20)17(20,3)4/h12-13H,7-11H2,1-6H3,(H,21,22)/t12-,13+,18-,19-,20-/m1/s1. The van der Waals surface area contributed by atoms with Crippen LogP contribution >= 0.6 is 0 Å². The average molecular weight is 333 g/mol. The van der Waals surface area contributed by atoms with E-state index < -0.39 is 16.4 Å². The minimum atomic E-state index is -0.985. The van der Waals surface area contributed by atoms with Crippen molar-refractivity contribution >= 4 is 11.9 Å². The number of esters is 1. The van der Waals surface area contributed by atoms with Crippen molar-refractivity contribution in [2.24, 2.45) is 27.6 Å². The molecule has 0 spiro atoms. The van der Waals surface area contributed by atoms with E-state index in [0.29, 0.717) is 12.3 Å². The fourth-order valence-electron chi connectivity index (χ4n) is 6.44. The molecule has 1 heterocycles. The van der Waals surface area contributed by atoms with Crippen molar-refractivity contribution in [3.63, 3.8) is 0 Å². The molecule has 5 atom stereocenters. The SMILES string of the molecule is CC1(C)[C@]2(C)CC[C@]1(C(=O)N[C@H]1C[C@H]3CC[C@@]1(C)C3(C)C)OC2=O. The van der Waals surface area contributed by atoms with Gasteiger partial charge in [0.25, 0.3) is 5.91 Å². The third-order valence-corrected chi connectivity index (χ3v) is 9.55. The third-order valence-electron chi connectivity index (χ3n) is 9.55. The zero-order valence-corrected chi connectivity index (χ0v) is 15.9. The Kier molecular flexibility index (Phi) is 2.86. The van der Waals surface area contributed by atoms with Gasteiger partial charge in [0.1, 0.15) is 0 Å². The Bertz CT molecular complexity index is 639. The lowest BCUT2D eigenvalue weighted by molar-refractivity contribution is -0.169. The van der Waals surface area contributed by atoms with Crippen molar-refractivity contribution in [3.05, 3.63) is 0 Å². The number of nitrogens with one attached hydrogen (secondary N) is 1. The molecular formula is C20H31NO3. The first-order valence-corrected chi connectivity index (χ1v) is 9.47. The maximum atomic E-state index is 13.3. The van der Waals surface area contributed by atoms with Crippen LogP contribution in [-0.4, -0.2) is 23.5 Å². The summed E-state index contributed by atoms with van der Waals surface area (Å²) in [5.74, 6) is 0.420. The van der Waals surface area contributed by atoms with Gasteiger partial charge in [-0.25, -0.2) is 0 Å². The molecule has 1 amide bonds. The smallest absolute Gasteiger partial charge is 0.313 e. The quantitative estimate of drug-likeness (QED) is 0.788. The summed E-state index contributed by atoms with van der Waals surface area (Å²) in [6.45, 7) is 13.0. The molecule has 1 saturated heterocycles. The number of ether oxygens (including phenoxy) is 1. The molecule has 0 aromatic heterocycles. The van der Waals surface area contributed by atoms with Crippen LogP contribution in [0, 0.1) is 27.6 Å². The maximum Gasteiger partial charge on any atom is 0.313 e. The van der Waals surface area contributed by atoms with Crippen LogP contribution in [-0.2, 0) is 14.3 Å². The highest BCUT2D eigenvalue weighted by Gasteiger charge is 2.76. The summed E-state index contributed by atoms with van der Waals surface area (Å²) < 4.78 is 5.75. The van der Waals surface area contributed by atoms with Crippen LogP contribution in [0.3, 0.4) is 0 Å². The van der Waals surface area contributed by atoms with Crippen LogP contribution in [0.25, 0.3) is 0 Å². The first-order valence-electron chi connectivity index (χ1n) is 9.47. The molecular weight excluding hydrogens is 302 g/mol. The predicted molar refractivity (Wildman–Crippen MR) is 91.1 cm³/mol. The van der Waals surface area contributed by atoms with Gasteiger partial charge >= 0.3 is 5.97 Å². The Morgan fingerprint density at radius 1 is 1.08 bits per heavy atom. The summed E-state index contributed by atoms with van der Waals surface area (Å²) in [7, 11) is 0. The minimum Gasteiger partial charge on any atom is -0.448 e. The van der Waals surface area contributed by atoms with Gasteiger partial charge in [-0.1, -0.05) is 34.6 Å². The van der Waals surface area contributed by atoms with Crippen molar-refractivity contribution in [1.29, 1.82) is 0 Å². The number of rotatable bonds is 2. The highest BCUT2D eigenvalue weighted by atomic mass is 16.6. The maximum absolute atomic E-state index is 13.3. The number of amides is 1. The topological polar surface area (TPSA) is 55.4 Å². The number of fused-ring (bicyclic) bond motifs is 4. The van der Waals surface area contributed by atoms with Gasteiger partial charge in [0.05, 0.1) is 5.41 Å². The van der Waals surface area contributed by atoms with E-state index in [-0.39, 0.29) is 28.7 Å². The molecule has 3 aliphatic carbocycles. The molecule has 4 nitrogen and oxygen atoms in total. The number of carbonyl (C=O) groups excluding carboxylic acids is 2. The Labute approximate surface area is 145 Å². The molecule has 24 heavy (non-hydrogen) atoms. The molecule has 0 aromatic rings. The van der Waals surface area contributed by atoms with E-state index in [1.807, 2.05) is 20.8 Å². The van der Waals surface area contributed by atoms with Crippen molar-refractivity contribution in [1.82, 2.24) is 5.32 Å². The Hall–Kier alpha value is -1.06. The van der Waals surface area contributed by atoms with E-state index in [1.54, 1.807) is 0 Å². The van der Waals surface area contributed by atoms with Crippen molar-refractivity contribution in [3.8, 4) is 0 Å². The molecule has 0 radical (unpaired) electrons. The number of carbonyl (C=O) groups is 2. The largest absolute Gasteiger partial charge is 0.448 e. The molecule has 1 aliphatic heterocycles. The summed E-state index contributed by atoms with van der Waals surface area (Å²) in [5.41, 5.74) is -1.59. The summed E-state index contributed by atoms with van der Waals surface area (Å²) in [4.78, 5) is 25.7. The molecule has 0 unspecified atom stereocenters. The minimum absolute atomic E-state index is 0.0587. The number of hydrogen-bond donors (Lipinski definition) is 1. The van der Waals surface area contributed by atoms with Gasteiger partial charge in [-0.2, -0.15) is 0 Å². The first-order chi connectivity index (χ1) is 10.9. The van der Waals surface area contributed by atoms with Crippen molar-refractivity contribution in [2.75, 3.05) is 0 Å². The lowest BCUT2D eigenvalue weighted by atomic mass is 9.65. The summed E-state index contributed by atoms with van der Waals surface area (Å²) in [6.07, 6.45) is 4.87. The Morgan fingerprint density at radius 3 is 2.17 bits per heavy atom. The second-order valence-corrected chi connectivity index (χ2v) is 10.3. The monoisotopic (exact) mass is 333 g/mol. The highest BCUT2D eigenvalue weighted by molar-refractivity contribution is 5.96. The van der Waals surface area contributed by atoms with Gasteiger partial charge in [0, 0.05) is 11.5 Å². The third kappa shape index (κ3) is 1.44. The average Bonchev–Trinajstić information content (AvgIpc) is 2.97. The molecule has 0 aromatic carbocycles. The fraction of sp³-hybridized carbons (Fsp3) is 0.900. The summed E-state index contributed by atoms with van der Waals surface area (Å²) >= 11 is 0. The highest BCUT2D eigenvalue weighted by Crippen LogP contribution is 2.67. The van der Waals surface area contributed by atoms with Crippen LogP contribution in [0.15, 0.2) is 0 Å². The van der Waals surface area contributed by atoms with Gasteiger partial charge in [0.2, 0.25) is 0 Å². The van der Waals surface area contributed by atoms with E-state index in [2.05, 4.69) is 26.1 Å². The van der Waals surface area contributed by atoms with Crippen LogP contribution in [0.2, 0.25) is 0 Å².